The van der Waals surface area contributed by atoms with Gasteiger partial charge in [-0.25, -0.2) is 9.82 Å². The van der Waals surface area contributed by atoms with Crippen molar-refractivity contribution in [1.29, 1.82) is 0 Å². The van der Waals surface area contributed by atoms with Crippen molar-refractivity contribution >= 4 is 22.6 Å². The van der Waals surface area contributed by atoms with Crippen molar-refractivity contribution in [3.05, 3.63) is 45.0 Å². The maximum atomic E-state index is 13.1. The van der Waals surface area contributed by atoms with Crippen molar-refractivity contribution in [2.45, 2.75) is 6.04 Å². The molecule has 1 heterocycles. The van der Waals surface area contributed by atoms with Crippen LogP contribution in [0.25, 0.3) is 0 Å². The molecule has 1 atom stereocenters. The van der Waals surface area contributed by atoms with Crippen LogP contribution in [-0.4, -0.2) is 15.0 Å². The number of hydrazine groups is 1. The summed E-state index contributed by atoms with van der Waals surface area (Å²) in [6.07, 6.45) is 1.63. The minimum absolute atomic E-state index is 0.262. The zero-order valence-corrected chi connectivity index (χ0v) is 11.2. The van der Waals surface area contributed by atoms with Crippen molar-refractivity contribution in [3.63, 3.8) is 0 Å². The van der Waals surface area contributed by atoms with Crippen LogP contribution in [-0.2, 0) is 7.05 Å². The molecule has 2 rings (SSSR count). The zero-order valence-electron chi connectivity index (χ0n) is 9.06. The van der Waals surface area contributed by atoms with Gasteiger partial charge in [0.05, 0.1) is 17.9 Å². The smallest absolute Gasteiger partial charge is 0.124 e. The van der Waals surface area contributed by atoms with Crippen LogP contribution in [0, 0.1) is 9.39 Å². The molecule has 2 aromatic rings. The molecule has 0 bridgehead atoms. The molecule has 3 N–H and O–H groups in total. The highest BCUT2D eigenvalue weighted by Gasteiger charge is 2.19. The zero-order chi connectivity index (χ0) is 12.4. The van der Waals surface area contributed by atoms with Crippen LogP contribution >= 0.6 is 22.6 Å². The molecule has 5 nitrogen and oxygen atoms in total. The molecule has 1 unspecified atom stereocenters. The molecule has 0 saturated heterocycles. The van der Waals surface area contributed by atoms with E-state index >= 15 is 0 Å². The number of aromatic nitrogens is 3. The van der Waals surface area contributed by atoms with Gasteiger partial charge in [0.1, 0.15) is 5.82 Å². The summed E-state index contributed by atoms with van der Waals surface area (Å²) in [5, 5.41) is 7.66. The number of nitrogens with zero attached hydrogens (tertiary/aromatic N) is 3. The van der Waals surface area contributed by atoms with Crippen LogP contribution in [0.1, 0.15) is 17.3 Å². The monoisotopic (exact) mass is 347 g/mol. The van der Waals surface area contributed by atoms with Crippen LogP contribution in [0.15, 0.2) is 24.4 Å². The molecule has 90 valence electrons. The van der Waals surface area contributed by atoms with Crippen molar-refractivity contribution < 1.29 is 4.39 Å². The standard InChI is InChI=1S/C10H11FIN5/c1-17-9(5-14-16-17)10(15-13)7-3-2-6(11)4-8(7)12/h2-5,10,15H,13H2,1H3. The van der Waals surface area contributed by atoms with Gasteiger partial charge in [0.2, 0.25) is 0 Å². The first-order valence-electron chi connectivity index (χ1n) is 4.89. The van der Waals surface area contributed by atoms with Crippen LogP contribution in [0.5, 0.6) is 0 Å². The highest BCUT2D eigenvalue weighted by Crippen LogP contribution is 2.25. The highest BCUT2D eigenvalue weighted by atomic mass is 127. The molecule has 0 fully saturated rings. The Hall–Kier alpha value is -1.06. The molecule has 0 amide bonds. The summed E-state index contributed by atoms with van der Waals surface area (Å²) in [5.41, 5.74) is 4.40. The molecule has 0 aliphatic heterocycles. The molecule has 1 aromatic heterocycles. The Morgan fingerprint density at radius 3 is 2.82 bits per heavy atom. The molecule has 0 saturated carbocycles. The van der Waals surface area contributed by atoms with E-state index in [9.17, 15) is 4.39 Å². The van der Waals surface area contributed by atoms with E-state index < -0.39 is 0 Å². The van der Waals surface area contributed by atoms with Crippen molar-refractivity contribution in [2.75, 3.05) is 0 Å². The second-order valence-electron chi connectivity index (χ2n) is 3.55. The number of rotatable bonds is 3. The normalized spacial score (nSPS) is 12.7. The van der Waals surface area contributed by atoms with Gasteiger partial charge in [0.15, 0.2) is 0 Å². The number of aryl methyl sites for hydroxylation is 1. The minimum atomic E-state index is -0.267. The van der Waals surface area contributed by atoms with Crippen LogP contribution in [0.2, 0.25) is 0 Å². The third kappa shape index (κ3) is 2.45. The molecule has 0 aliphatic carbocycles. The van der Waals surface area contributed by atoms with Gasteiger partial charge in [-0.1, -0.05) is 11.3 Å². The summed E-state index contributed by atoms with van der Waals surface area (Å²) >= 11 is 2.08. The maximum Gasteiger partial charge on any atom is 0.124 e. The SMILES string of the molecule is Cn1nncc1C(NN)c1ccc(F)cc1I. The lowest BCUT2D eigenvalue weighted by molar-refractivity contribution is 0.565. The lowest BCUT2D eigenvalue weighted by Crippen LogP contribution is -2.31. The Labute approximate surface area is 111 Å². The molecule has 0 radical (unpaired) electrons. The van der Waals surface area contributed by atoms with E-state index in [2.05, 4.69) is 38.3 Å². The second-order valence-corrected chi connectivity index (χ2v) is 4.71. The van der Waals surface area contributed by atoms with Gasteiger partial charge >= 0.3 is 0 Å². The largest absolute Gasteiger partial charge is 0.271 e. The number of nitrogens with one attached hydrogen (secondary N) is 1. The molecule has 1 aromatic carbocycles. The maximum absolute atomic E-state index is 13.1. The minimum Gasteiger partial charge on any atom is -0.271 e. The van der Waals surface area contributed by atoms with E-state index in [0.29, 0.717) is 0 Å². The molecule has 17 heavy (non-hydrogen) atoms. The number of hydrogen-bond donors (Lipinski definition) is 2. The Morgan fingerprint density at radius 2 is 2.29 bits per heavy atom. The first-order chi connectivity index (χ1) is 8.13. The van der Waals surface area contributed by atoms with Gasteiger partial charge in [0.25, 0.3) is 0 Å². The van der Waals surface area contributed by atoms with Crippen LogP contribution in [0.4, 0.5) is 4.39 Å². The van der Waals surface area contributed by atoms with Gasteiger partial charge in [-0.3, -0.25) is 10.5 Å². The summed E-state index contributed by atoms with van der Waals surface area (Å²) in [7, 11) is 1.78. The van der Waals surface area contributed by atoms with Crippen LogP contribution in [0.3, 0.4) is 0 Å². The number of hydrogen-bond acceptors (Lipinski definition) is 4. The van der Waals surface area contributed by atoms with E-state index in [1.807, 2.05) is 0 Å². The van der Waals surface area contributed by atoms with E-state index in [4.69, 9.17) is 5.84 Å². The Balaban J connectivity index is 2.46. The molecule has 0 spiro atoms. The third-order valence-electron chi connectivity index (χ3n) is 2.49. The summed E-state index contributed by atoms with van der Waals surface area (Å²) in [5.74, 6) is 5.29. The first kappa shape index (κ1) is 12.4. The second kappa shape index (κ2) is 5.07. The highest BCUT2D eigenvalue weighted by molar-refractivity contribution is 14.1. The Kier molecular flexibility index (Phi) is 3.69. The lowest BCUT2D eigenvalue weighted by Gasteiger charge is -2.17. The topological polar surface area (TPSA) is 68.8 Å². The van der Waals surface area contributed by atoms with E-state index in [1.54, 1.807) is 24.0 Å². The lowest BCUT2D eigenvalue weighted by atomic mass is 10.0. The number of nitrogens with two attached hydrogens (primary N) is 1. The van der Waals surface area contributed by atoms with Gasteiger partial charge in [0, 0.05) is 10.6 Å². The predicted molar refractivity (Wildman–Crippen MR) is 69.3 cm³/mol. The third-order valence-corrected chi connectivity index (χ3v) is 3.42. The predicted octanol–water partition coefficient (Wildman–Crippen LogP) is 1.11. The fraction of sp³-hybridized carbons (Fsp3) is 0.200. The molecular weight excluding hydrogens is 336 g/mol. The average molecular weight is 347 g/mol. The van der Waals surface area contributed by atoms with Gasteiger partial charge < -0.3 is 0 Å². The van der Waals surface area contributed by atoms with E-state index in [-0.39, 0.29) is 11.9 Å². The first-order valence-corrected chi connectivity index (χ1v) is 5.97. The molecular formula is C10H11FIN5. The van der Waals surface area contributed by atoms with E-state index in [0.717, 1.165) is 14.8 Å². The van der Waals surface area contributed by atoms with Crippen molar-refractivity contribution in [3.8, 4) is 0 Å². The van der Waals surface area contributed by atoms with Crippen molar-refractivity contribution in [2.24, 2.45) is 12.9 Å². The van der Waals surface area contributed by atoms with Crippen LogP contribution < -0.4 is 11.3 Å². The average Bonchev–Trinajstić information content (AvgIpc) is 2.69. The fourth-order valence-electron chi connectivity index (χ4n) is 1.63. The Morgan fingerprint density at radius 1 is 1.53 bits per heavy atom. The summed E-state index contributed by atoms with van der Waals surface area (Å²) in [6.45, 7) is 0. The summed E-state index contributed by atoms with van der Waals surface area (Å²) in [4.78, 5) is 0. The van der Waals surface area contributed by atoms with Crippen molar-refractivity contribution in [1.82, 2.24) is 20.4 Å². The fourth-order valence-corrected chi connectivity index (χ4v) is 2.42. The molecule has 7 heteroatoms. The number of benzene rings is 1. The Bertz CT molecular complexity index is 527. The summed E-state index contributed by atoms with van der Waals surface area (Å²) in [6, 6.07) is 4.31. The summed E-state index contributed by atoms with van der Waals surface area (Å²) < 4.78 is 15.5. The number of halogens is 2. The van der Waals surface area contributed by atoms with Gasteiger partial charge in [-0.2, -0.15) is 0 Å². The van der Waals surface area contributed by atoms with Gasteiger partial charge in [-0.05, 0) is 40.3 Å². The quantitative estimate of drug-likeness (QED) is 0.496. The van der Waals surface area contributed by atoms with E-state index in [1.165, 1.54) is 12.1 Å². The molecule has 0 aliphatic rings. The van der Waals surface area contributed by atoms with Gasteiger partial charge in [-0.15, -0.1) is 5.10 Å².